The second-order valence-corrected chi connectivity index (χ2v) is 3.83. The zero-order valence-corrected chi connectivity index (χ0v) is 10.8. The summed E-state index contributed by atoms with van der Waals surface area (Å²) in [6, 6.07) is 2.45. The summed E-state index contributed by atoms with van der Waals surface area (Å²) >= 11 is 0. The summed E-state index contributed by atoms with van der Waals surface area (Å²) in [7, 11) is 0. The Hall–Kier alpha value is -2.95. The van der Waals surface area contributed by atoms with Gasteiger partial charge in [-0.3, -0.25) is 0 Å². The number of aromatic carboxylic acids is 1. The molecule has 0 unspecified atom stereocenters. The van der Waals surface area contributed by atoms with E-state index < -0.39 is 5.97 Å². The SMILES string of the molecule is C=C/C=C\C=C(/C=C)Nc1cc(N)c(O)cc1C(=O)O. The average Bonchev–Trinajstić information content (AvgIpc) is 2.41. The van der Waals surface area contributed by atoms with Gasteiger partial charge in [-0.15, -0.1) is 0 Å². The smallest absolute Gasteiger partial charge is 0.337 e. The molecule has 0 atom stereocenters. The number of carboxylic acid groups (broad SMARTS) is 1. The molecule has 0 aliphatic rings. The lowest BCUT2D eigenvalue weighted by molar-refractivity contribution is 0.0697. The molecule has 0 aliphatic carbocycles. The normalized spacial score (nSPS) is 11.3. The molecule has 0 amide bonds. The van der Waals surface area contributed by atoms with Crippen LogP contribution in [0.15, 0.2) is 61.4 Å². The van der Waals surface area contributed by atoms with Gasteiger partial charge in [-0.05, 0) is 24.3 Å². The van der Waals surface area contributed by atoms with Crippen LogP contribution in [-0.4, -0.2) is 16.2 Å². The second-order valence-electron chi connectivity index (χ2n) is 3.83. The molecule has 0 spiro atoms. The van der Waals surface area contributed by atoms with E-state index in [1.54, 1.807) is 24.3 Å². The van der Waals surface area contributed by atoms with Gasteiger partial charge < -0.3 is 21.3 Å². The van der Waals surface area contributed by atoms with Crippen LogP contribution in [0.1, 0.15) is 10.4 Å². The minimum absolute atomic E-state index is 0.0857. The third kappa shape index (κ3) is 3.78. The van der Waals surface area contributed by atoms with Crippen LogP contribution in [-0.2, 0) is 0 Å². The summed E-state index contributed by atoms with van der Waals surface area (Å²) in [5.74, 6) is -1.45. The number of aromatic hydroxyl groups is 1. The van der Waals surface area contributed by atoms with E-state index in [1.807, 2.05) is 0 Å². The summed E-state index contributed by atoms with van der Waals surface area (Å²) in [5.41, 5.74) is 6.42. The molecule has 0 aromatic heterocycles. The van der Waals surface area contributed by atoms with Crippen LogP contribution in [0.5, 0.6) is 5.75 Å². The van der Waals surface area contributed by atoms with E-state index >= 15 is 0 Å². The van der Waals surface area contributed by atoms with Gasteiger partial charge >= 0.3 is 5.97 Å². The predicted octanol–water partition coefficient (Wildman–Crippen LogP) is 2.90. The summed E-state index contributed by atoms with van der Waals surface area (Å²) in [6.45, 7) is 7.17. The number of allylic oxidation sites excluding steroid dienone is 5. The molecule has 1 aromatic carbocycles. The highest BCUT2D eigenvalue weighted by Gasteiger charge is 2.13. The Kier molecular flexibility index (Phi) is 5.17. The van der Waals surface area contributed by atoms with Gasteiger partial charge in [-0.2, -0.15) is 0 Å². The van der Waals surface area contributed by atoms with Crippen LogP contribution >= 0.6 is 0 Å². The maximum absolute atomic E-state index is 11.2. The van der Waals surface area contributed by atoms with Crippen LogP contribution < -0.4 is 11.1 Å². The van der Waals surface area contributed by atoms with E-state index in [9.17, 15) is 9.90 Å². The molecule has 5 nitrogen and oxygen atoms in total. The van der Waals surface area contributed by atoms with E-state index in [4.69, 9.17) is 10.8 Å². The van der Waals surface area contributed by atoms with Crippen molar-refractivity contribution in [3.63, 3.8) is 0 Å². The van der Waals surface area contributed by atoms with E-state index in [1.165, 1.54) is 12.1 Å². The van der Waals surface area contributed by atoms with Crippen molar-refractivity contribution in [1.29, 1.82) is 0 Å². The number of nitrogens with two attached hydrogens (primary N) is 1. The minimum atomic E-state index is -1.17. The molecule has 1 aromatic rings. The van der Waals surface area contributed by atoms with E-state index in [0.717, 1.165) is 6.07 Å². The van der Waals surface area contributed by atoms with Crippen LogP contribution in [0.4, 0.5) is 11.4 Å². The summed E-state index contributed by atoms with van der Waals surface area (Å²) in [6.07, 6.45) is 8.28. The first-order chi connectivity index (χ1) is 9.49. The Morgan fingerprint density at radius 1 is 1.30 bits per heavy atom. The van der Waals surface area contributed by atoms with Gasteiger partial charge in [-0.25, -0.2) is 4.79 Å². The third-order valence-corrected chi connectivity index (χ3v) is 2.42. The monoisotopic (exact) mass is 272 g/mol. The number of nitrogens with one attached hydrogen (secondary N) is 1. The number of benzene rings is 1. The maximum Gasteiger partial charge on any atom is 0.337 e. The molecular weight excluding hydrogens is 256 g/mol. The lowest BCUT2D eigenvalue weighted by Crippen LogP contribution is -2.06. The fraction of sp³-hybridized carbons (Fsp3) is 0. The van der Waals surface area contributed by atoms with Crippen molar-refractivity contribution in [2.75, 3.05) is 11.1 Å². The molecule has 1 rings (SSSR count). The van der Waals surface area contributed by atoms with Crippen molar-refractivity contribution < 1.29 is 15.0 Å². The quantitative estimate of drug-likeness (QED) is 0.276. The van der Waals surface area contributed by atoms with Crippen LogP contribution in [0.2, 0.25) is 0 Å². The van der Waals surface area contributed by atoms with Gasteiger partial charge in [0, 0.05) is 5.70 Å². The number of carboxylic acids is 1. The van der Waals surface area contributed by atoms with Crippen LogP contribution in [0.3, 0.4) is 0 Å². The van der Waals surface area contributed by atoms with Crippen LogP contribution in [0.25, 0.3) is 0 Å². The molecule has 104 valence electrons. The fourth-order valence-corrected chi connectivity index (χ4v) is 1.44. The summed E-state index contributed by atoms with van der Waals surface area (Å²) < 4.78 is 0. The van der Waals surface area contributed by atoms with Crippen molar-refractivity contribution >= 4 is 17.3 Å². The first-order valence-electron chi connectivity index (χ1n) is 5.74. The molecule has 0 radical (unpaired) electrons. The third-order valence-electron chi connectivity index (χ3n) is 2.42. The number of rotatable bonds is 6. The van der Waals surface area contributed by atoms with E-state index in [-0.39, 0.29) is 22.7 Å². The Morgan fingerprint density at radius 3 is 2.55 bits per heavy atom. The molecule has 5 heteroatoms. The number of hydrogen-bond donors (Lipinski definition) is 4. The first kappa shape index (κ1) is 15.1. The van der Waals surface area contributed by atoms with Crippen molar-refractivity contribution in [1.82, 2.24) is 0 Å². The van der Waals surface area contributed by atoms with E-state index in [2.05, 4.69) is 18.5 Å². The average molecular weight is 272 g/mol. The zero-order chi connectivity index (χ0) is 15.1. The Morgan fingerprint density at radius 2 is 2.00 bits per heavy atom. The molecule has 0 heterocycles. The minimum Gasteiger partial charge on any atom is -0.506 e. The summed E-state index contributed by atoms with van der Waals surface area (Å²) in [4.78, 5) is 11.2. The molecule has 20 heavy (non-hydrogen) atoms. The highest BCUT2D eigenvalue weighted by atomic mass is 16.4. The number of hydrogen-bond acceptors (Lipinski definition) is 4. The van der Waals surface area contributed by atoms with Gasteiger partial charge in [0.25, 0.3) is 0 Å². The zero-order valence-electron chi connectivity index (χ0n) is 10.8. The van der Waals surface area contributed by atoms with Crippen LogP contribution in [0, 0.1) is 0 Å². The van der Waals surface area contributed by atoms with Gasteiger partial charge in [-0.1, -0.05) is 31.4 Å². The highest BCUT2D eigenvalue weighted by Crippen LogP contribution is 2.29. The van der Waals surface area contributed by atoms with Gasteiger partial charge in [0.2, 0.25) is 0 Å². The van der Waals surface area contributed by atoms with Crippen molar-refractivity contribution in [2.45, 2.75) is 0 Å². The van der Waals surface area contributed by atoms with E-state index in [0.29, 0.717) is 5.70 Å². The van der Waals surface area contributed by atoms with Gasteiger partial charge in [0.15, 0.2) is 0 Å². The Balaban J connectivity index is 3.18. The largest absolute Gasteiger partial charge is 0.506 e. The molecule has 0 aliphatic heterocycles. The molecule has 0 saturated heterocycles. The van der Waals surface area contributed by atoms with Crippen molar-refractivity contribution in [3.05, 3.63) is 66.9 Å². The number of carbonyl (C=O) groups is 1. The number of nitrogen functional groups attached to an aromatic ring is 1. The molecule has 0 bridgehead atoms. The van der Waals surface area contributed by atoms with Crippen molar-refractivity contribution in [2.24, 2.45) is 0 Å². The highest BCUT2D eigenvalue weighted by molar-refractivity contribution is 5.96. The maximum atomic E-state index is 11.2. The van der Waals surface area contributed by atoms with Gasteiger partial charge in [0.05, 0.1) is 16.9 Å². The predicted molar refractivity (Wildman–Crippen MR) is 80.7 cm³/mol. The lowest BCUT2D eigenvalue weighted by Gasteiger charge is -2.12. The number of anilines is 2. The standard InChI is InChI=1S/C15H16N2O3/c1-3-5-6-7-10(4-2)17-13-9-12(16)14(18)8-11(13)15(19)20/h3-9,17-18H,1-2,16H2,(H,19,20)/b6-5-,10-7+. The number of phenolic OH excluding ortho intramolecular Hbond substituents is 1. The second kappa shape index (κ2) is 6.84. The number of phenols is 1. The molecule has 0 fully saturated rings. The molecule has 5 N–H and O–H groups in total. The van der Waals surface area contributed by atoms with Crippen molar-refractivity contribution in [3.8, 4) is 5.75 Å². The fourth-order valence-electron chi connectivity index (χ4n) is 1.44. The molecule has 0 saturated carbocycles. The first-order valence-corrected chi connectivity index (χ1v) is 5.74. The topological polar surface area (TPSA) is 95.6 Å². The molecular formula is C15H16N2O3. The Labute approximate surface area is 117 Å². The Bertz CT molecular complexity index is 601. The van der Waals surface area contributed by atoms with Gasteiger partial charge in [0.1, 0.15) is 5.75 Å². The lowest BCUT2D eigenvalue weighted by atomic mass is 10.1. The summed E-state index contributed by atoms with van der Waals surface area (Å²) in [5, 5.41) is 21.5.